The second-order valence-corrected chi connectivity index (χ2v) is 3.48. The van der Waals surface area contributed by atoms with Crippen molar-refractivity contribution in [3.05, 3.63) is 42.7 Å². The van der Waals surface area contributed by atoms with E-state index in [2.05, 4.69) is 6.58 Å². The van der Waals surface area contributed by atoms with Crippen LogP contribution < -0.4 is 0 Å². The fraction of sp³-hybridized carbons (Fsp3) is 0.0909. The van der Waals surface area contributed by atoms with E-state index in [1.807, 2.05) is 51.3 Å². The average molecular weight is 201 g/mol. The van der Waals surface area contributed by atoms with Gasteiger partial charge < -0.3 is 5.11 Å². The molecule has 0 fully saturated rings. The van der Waals surface area contributed by atoms with E-state index in [0.717, 1.165) is 11.0 Å². The van der Waals surface area contributed by atoms with Gasteiger partial charge in [-0.25, -0.2) is 0 Å². The summed E-state index contributed by atoms with van der Waals surface area (Å²) in [5.41, 5.74) is 3.02. The van der Waals surface area contributed by atoms with E-state index in [4.69, 9.17) is 0 Å². The number of hydrogen-bond donors (Lipinski definition) is 1. The minimum Gasteiger partial charge on any atom is -0.506 e. The first-order valence-electron chi connectivity index (χ1n) is 4.79. The molecule has 1 aromatic carbocycles. The zero-order valence-corrected chi connectivity index (χ0v) is 8.38. The minimum atomic E-state index is 0.0813. The van der Waals surface area contributed by atoms with Crippen LogP contribution in [0.4, 0.5) is 0 Å². The summed E-state index contributed by atoms with van der Waals surface area (Å²) in [5, 5.41) is 9.41. The monoisotopic (exact) mass is 201 g/mol. The van der Waals surface area contributed by atoms with Crippen molar-refractivity contribution < 1.29 is 5.11 Å². The van der Waals surface area contributed by atoms with E-state index in [1.54, 1.807) is 0 Å². The maximum absolute atomic E-state index is 9.41. The van der Waals surface area contributed by atoms with Crippen molar-refractivity contribution in [2.75, 3.05) is 0 Å². The number of hydrogen-bond acceptors (Lipinski definition) is 1. The molecule has 76 valence electrons. The van der Waals surface area contributed by atoms with Gasteiger partial charge in [0.25, 0.3) is 0 Å². The van der Waals surface area contributed by atoms with Gasteiger partial charge in [-0.1, -0.05) is 24.8 Å². The zero-order valence-electron chi connectivity index (χ0n) is 8.38. The Bertz CT molecular complexity index is 623. The lowest BCUT2D eigenvalue weighted by Crippen LogP contribution is -1.91. The highest BCUT2D eigenvalue weighted by Gasteiger charge is 2.25. The lowest BCUT2D eigenvalue weighted by Gasteiger charge is -1.95. The molecule has 4 heteroatoms. The van der Waals surface area contributed by atoms with Gasteiger partial charge in [0.2, 0.25) is 0 Å². The fourth-order valence-electron chi connectivity index (χ4n) is 1.89. The third-order valence-electron chi connectivity index (χ3n) is 2.61. The molecular weight excluding hydrogens is 190 g/mol. The molecule has 0 atom stereocenters. The highest BCUT2D eigenvalue weighted by Crippen LogP contribution is 2.26. The van der Waals surface area contributed by atoms with Gasteiger partial charge in [0, 0.05) is 0 Å². The zero-order chi connectivity index (χ0) is 10.6. The lowest BCUT2D eigenvalue weighted by atomic mass is 10.3. The molecule has 0 spiro atoms. The van der Waals surface area contributed by atoms with Crippen molar-refractivity contribution in [2.45, 2.75) is 6.92 Å². The summed E-state index contributed by atoms with van der Waals surface area (Å²) in [6, 6.07) is 8.07. The second-order valence-electron chi connectivity index (χ2n) is 3.48. The molecule has 2 heterocycles. The van der Waals surface area contributed by atoms with E-state index in [-0.39, 0.29) is 5.76 Å². The van der Waals surface area contributed by atoms with Crippen LogP contribution in [-0.4, -0.2) is 19.2 Å². The predicted molar refractivity (Wildman–Crippen MR) is 59.2 cm³/mol. The van der Waals surface area contributed by atoms with E-state index in [9.17, 15) is 5.11 Å². The highest BCUT2D eigenvalue weighted by atomic mass is 16.3. The summed E-state index contributed by atoms with van der Waals surface area (Å²) in [4.78, 5) is 1.88. The number of aliphatic hydroxyl groups is 1. The molecule has 0 saturated heterocycles. The number of aliphatic hydroxyl groups excluding tert-OH is 1. The summed E-state index contributed by atoms with van der Waals surface area (Å²) in [6.45, 7) is 5.42. The van der Waals surface area contributed by atoms with Crippen LogP contribution in [0.5, 0.6) is 0 Å². The van der Waals surface area contributed by atoms with Crippen molar-refractivity contribution in [1.82, 2.24) is 14.1 Å². The maximum atomic E-state index is 9.41. The number of nitrogens with zero attached hydrogens (tertiary/aromatic N) is 3. The third kappa shape index (κ3) is 0.857. The summed E-state index contributed by atoms with van der Waals surface area (Å²) >= 11 is 0. The van der Waals surface area contributed by atoms with Crippen LogP contribution in [-0.2, 0) is 0 Å². The Kier molecular flexibility index (Phi) is 1.36. The number of aromatic nitrogens is 3. The van der Waals surface area contributed by atoms with Crippen LogP contribution >= 0.6 is 0 Å². The van der Waals surface area contributed by atoms with Gasteiger partial charge >= 0.3 is 0 Å². The van der Waals surface area contributed by atoms with E-state index < -0.39 is 0 Å². The van der Waals surface area contributed by atoms with Gasteiger partial charge in [-0.15, -0.1) is 14.1 Å². The van der Waals surface area contributed by atoms with Crippen LogP contribution in [0.25, 0.3) is 16.7 Å². The Hall–Kier alpha value is -2.10. The molecule has 3 aromatic rings. The molecule has 3 rings (SSSR count). The van der Waals surface area contributed by atoms with Gasteiger partial charge in [0.1, 0.15) is 22.5 Å². The van der Waals surface area contributed by atoms with Crippen LogP contribution in [0, 0.1) is 0 Å². The summed E-state index contributed by atoms with van der Waals surface area (Å²) in [7, 11) is 0. The van der Waals surface area contributed by atoms with Gasteiger partial charge in [-0.2, -0.15) is 0 Å². The Morgan fingerprint density at radius 2 is 1.80 bits per heavy atom. The molecule has 0 radical (unpaired) electrons. The van der Waals surface area contributed by atoms with Crippen LogP contribution in [0.2, 0.25) is 0 Å². The van der Waals surface area contributed by atoms with E-state index >= 15 is 0 Å². The molecule has 0 aliphatic rings. The number of para-hydroxylation sites is 2. The maximum Gasteiger partial charge on any atom is 0.135 e. The second kappa shape index (κ2) is 2.48. The molecule has 4 nitrogen and oxygen atoms in total. The van der Waals surface area contributed by atoms with Gasteiger partial charge in [0.05, 0.1) is 0 Å². The van der Waals surface area contributed by atoms with Gasteiger partial charge in [-0.05, 0) is 19.1 Å². The van der Waals surface area contributed by atoms with Crippen LogP contribution in [0.15, 0.2) is 42.7 Å². The molecule has 0 aliphatic heterocycles. The number of allylic oxidation sites excluding steroid dienone is 2. The molecular formula is C11H11N3O. The molecule has 0 aliphatic carbocycles. The standard InChI is InChI=1S/C11H11N3O/c1-3-9(8(2)15)12-13-10-6-4-5-7-11(10)14(12)13/h3-7,15H,2H2,1H3/b9-3+. The highest BCUT2D eigenvalue weighted by molar-refractivity contribution is 5.80. The summed E-state index contributed by atoms with van der Waals surface area (Å²) in [6.07, 6.45) is 1.83. The Labute approximate surface area is 86.2 Å². The smallest absolute Gasteiger partial charge is 0.135 e. The molecule has 0 saturated carbocycles. The van der Waals surface area contributed by atoms with Crippen molar-refractivity contribution in [3.63, 3.8) is 0 Å². The third-order valence-corrected chi connectivity index (χ3v) is 2.61. The van der Waals surface area contributed by atoms with Crippen molar-refractivity contribution in [2.24, 2.45) is 0 Å². The van der Waals surface area contributed by atoms with Crippen LogP contribution in [0.1, 0.15) is 6.92 Å². The first-order chi connectivity index (χ1) is 7.25. The lowest BCUT2D eigenvalue weighted by molar-refractivity contribution is 0.435. The fourth-order valence-corrected chi connectivity index (χ4v) is 1.89. The SMILES string of the molecule is C=C(O)/C(=C\C)n1n2c3ccccc3n12. The van der Waals surface area contributed by atoms with E-state index in [0.29, 0.717) is 5.70 Å². The normalized spacial score (nSPS) is 13.3. The minimum absolute atomic E-state index is 0.0813. The molecule has 0 unspecified atom stereocenters. The topological polar surface area (TPSA) is 34.0 Å². The first-order valence-corrected chi connectivity index (χ1v) is 4.79. The largest absolute Gasteiger partial charge is 0.506 e. The number of benzene rings is 1. The Balaban J connectivity index is 2.21. The number of fused-ring (bicyclic) bond motifs is 4. The molecule has 0 amide bonds. The summed E-state index contributed by atoms with van der Waals surface area (Å²) < 4.78 is 3.96. The van der Waals surface area contributed by atoms with Gasteiger partial charge in [-0.3, -0.25) is 0 Å². The summed E-state index contributed by atoms with van der Waals surface area (Å²) in [5.74, 6) is 0.0813. The quantitative estimate of drug-likeness (QED) is 0.501. The molecule has 1 N–H and O–H groups in total. The predicted octanol–water partition coefficient (Wildman–Crippen LogP) is 2.36. The van der Waals surface area contributed by atoms with Gasteiger partial charge in [0.15, 0.2) is 0 Å². The molecule has 0 bridgehead atoms. The van der Waals surface area contributed by atoms with Crippen molar-refractivity contribution >= 4 is 16.7 Å². The average Bonchev–Trinajstić information content (AvgIpc) is 2.83. The van der Waals surface area contributed by atoms with E-state index in [1.165, 1.54) is 0 Å². The molecule has 2 aromatic heterocycles. The Morgan fingerprint density at radius 1 is 1.27 bits per heavy atom. The van der Waals surface area contributed by atoms with Crippen LogP contribution in [0.3, 0.4) is 0 Å². The first kappa shape index (κ1) is 8.23. The molecule has 15 heavy (non-hydrogen) atoms. The van der Waals surface area contributed by atoms with Crippen molar-refractivity contribution in [1.29, 1.82) is 0 Å². The van der Waals surface area contributed by atoms with Crippen molar-refractivity contribution in [3.8, 4) is 0 Å². The number of rotatable bonds is 2. The Morgan fingerprint density at radius 3 is 2.20 bits per heavy atom.